The fourth-order valence-corrected chi connectivity index (χ4v) is 3.05. The number of rotatable bonds is 5. The van der Waals surface area contributed by atoms with Crippen molar-refractivity contribution in [2.24, 2.45) is 5.92 Å². The molecule has 118 valence electrons. The maximum absolute atomic E-state index is 5.70. The molecule has 7 nitrogen and oxygen atoms in total. The minimum Gasteiger partial charge on any atom is -0.374 e. The van der Waals surface area contributed by atoms with Crippen LogP contribution in [-0.4, -0.2) is 46.8 Å². The summed E-state index contributed by atoms with van der Waals surface area (Å²) in [6.45, 7) is 7.86. The first kappa shape index (κ1) is 14.9. The maximum Gasteiger partial charge on any atom is 0.101 e. The van der Waals surface area contributed by atoms with Gasteiger partial charge in [0.2, 0.25) is 0 Å². The van der Waals surface area contributed by atoms with Crippen molar-refractivity contribution in [2.75, 3.05) is 19.7 Å². The van der Waals surface area contributed by atoms with Gasteiger partial charge in [0, 0.05) is 19.1 Å². The highest BCUT2D eigenvalue weighted by molar-refractivity contribution is 5.04. The van der Waals surface area contributed by atoms with Gasteiger partial charge >= 0.3 is 0 Å². The molecule has 3 rings (SSSR count). The quantitative estimate of drug-likeness (QED) is 0.721. The fraction of sp³-hybridized carbons (Fsp3) is 0.857. The molecule has 21 heavy (non-hydrogen) atoms. The lowest BCUT2D eigenvalue weighted by molar-refractivity contribution is 0.0158. The smallest absolute Gasteiger partial charge is 0.101 e. The Morgan fingerprint density at radius 1 is 1.43 bits per heavy atom. The number of nitrogens with one attached hydrogen (secondary N) is 3. The lowest BCUT2D eigenvalue weighted by atomic mass is 9.99. The summed E-state index contributed by atoms with van der Waals surface area (Å²) in [5.41, 5.74) is 7.71. The van der Waals surface area contributed by atoms with Crippen molar-refractivity contribution < 1.29 is 4.74 Å². The summed E-state index contributed by atoms with van der Waals surface area (Å²) in [6.07, 6.45) is 4.48. The molecule has 7 heteroatoms. The third-order valence-electron chi connectivity index (χ3n) is 4.05. The van der Waals surface area contributed by atoms with Gasteiger partial charge in [-0.05, 0) is 18.8 Å². The average molecular weight is 294 g/mol. The summed E-state index contributed by atoms with van der Waals surface area (Å²) in [5, 5.41) is 11.9. The molecule has 3 atom stereocenters. The molecule has 0 bridgehead atoms. The van der Waals surface area contributed by atoms with Crippen LogP contribution in [0.4, 0.5) is 0 Å². The molecular weight excluding hydrogens is 268 g/mol. The standard InChI is InChI=1S/C14H26N6O/c1-10(2)5-11-6-13(17-16-11)14-9-20(19-18-14)8-12-7-15-3-4-21-12/h9-13,15-17H,3-8H2,1-2H3. The molecule has 3 unspecified atom stereocenters. The Balaban J connectivity index is 1.53. The Labute approximate surface area is 125 Å². The van der Waals surface area contributed by atoms with Crippen molar-refractivity contribution in [2.45, 2.75) is 51.4 Å². The molecule has 0 amide bonds. The molecule has 2 aliphatic rings. The first-order chi connectivity index (χ1) is 10.2. The van der Waals surface area contributed by atoms with E-state index >= 15 is 0 Å². The molecule has 2 saturated heterocycles. The summed E-state index contributed by atoms with van der Waals surface area (Å²) >= 11 is 0. The van der Waals surface area contributed by atoms with Crippen LogP contribution >= 0.6 is 0 Å². The topological polar surface area (TPSA) is 76.0 Å². The SMILES string of the molecule is CC(C)CC1CC(c2cn(CC3CNCCO3)nn2)NN1. The first-order valence-corrected chi connectivity index (χ1v) is 7.94. The maximum atomic E-state index is 5.70. The number of aromatic nitrogens is 3. The predicted molar refractivity (Wildman–Crippen MR) is 79.5 cm³/mol. The second-order valence-electron chi connectivity index (χ2n) is 6.47. The van der Waals surface area contributed by atoms with E-state index in [1.807, 2.05) is 10.9 Å². The lowest BCUT2D eigenvalue weighted by Gasteiger charge is -2.23. The van der Waals surface area contributed by atoms with E-state index in [0.29, 0.717) is 12.0 Å². The van der Waals surface area contributed by atoms with Crippen molar-refractivity contribution >= 4 is 0 Å². The second kappa shape index (κ2) is 6.83. The normalized spacial score (nSPS) is 30.1. The average Bonchev–Trinajstić information content (AvgIpc) is 3.08. The van der Waals surface area contributed by atoms with E-state index in [4.69, 9.17) is 4.74 Å². The van der Waals surface area contributed by atoms with Gasteiger partial charge in [-0.15, -0.1) is 5.10 Å². The van der Waals surface area contributed by atoms with Crippen LogP contribution < -0.4 is 16.2 Å². The zero-order valence-electron chi connectivity index (χ0n) is 12.9. The number of hydrazine groups is 1. The van der Waals surface area contributed by atoms with Gasteiger partial charge in [-0.25, -0.2) is 10.1 Å². The van der Waals surface area contributed by atoms with E-state index in [9.17, 15) is 0 Å². The molecule has 0 saturated carbocycles. The third-order valence-corrected chi connectivity index (χ3v) is 4.05. The van der Waals surface area contributed by atoms with Crippen LogP contribution in [0.2, 0.25) is 0 Å². The fourth-order valence-electron chi connectivity index (χ4n) is 3.05. The number of hydrogen-bond acceptors (Lipinski definition) is 6. The van der Waals surface area contributed by atoms with Gasteiger partial charge in [0.05, 0.1) is 31.5 Å². The van der Waals surface area contributed by atoms with Crippen LogP contribution in [0.25, 0.3) is 0 Å². The Morgan fingerprint density at radius 2 is 2.33 bits per heavy atom. The van der Waals surface area contributed by atoms with Crippen molar-refractivity contribution in [3.05, 3.63) is 11.9 Å². The van der Waals surface area contributed by atoms with Crippen molar-refractivity contribution in [1.82, 2.24) is 31.2 Å². The summed E-state index contributed by atoms with van der Waals surface area (Å²) in [7, 11) is 0. The van der Waals surface area contributed by atoms with E-state index in [-0.39, 0.29) is 12.1 Å². The molecule has 2 fully saturated rings. The van der Waals surface area contributed by atoms with Gasteiger partial charge in [-0.2, -0.15) is 0 Å². The Morgan fingerprint density at radius 3 is 3.10 bits per heavy atom. The van der Waals surface area contributed by atoms with E-state index < -0.39 is 0 Å². The largest absolute Gasteiger partial charge is 0.374 e. The first-order valence-electron chi connectivity index (χ1n) is 7.94. The van der Waals surface area contributed by atoms with Crippen LogP contribution in [0, 0.1) is 5.92 Å². The van der Waals surface area contributed by atoms with Gasteiger partial charge in [0.25, 0.3) is 0 Å². The Kier molecular flexibility index (Phi) is 4.84. The summed E-state index contributed by atoms with van der Waals surface area (Å²) in [6, 6.07) is 0.777. The molecule has 1 aromatic heterocycles. The molecule has 2 aliphatic heterocycles. The molecule has 0 aliphatic carbocycles. The highest BCUT2D eigenvalue weighted by Gasteiger charge is 2.27. The lowest BCUT2D eigenvalue weighted by Crippen LogP contribution is -2.40. The molecular formula is C14H26N6O. The number of morpholine rings is 1. The number of hydrogen-bond donors (Lipinski definition) is 3. The molecule has 1 aromatic rings. The van der Waals surface area contributed by atoms with Crippen LogP contribution in [0.15, 0.2) is 6.20 Å². The summed E-state index contributed by atoms with van der Waals surface area (Å²) < 4.78 is 7.59. The highest BCUT2D eigenvalue weighted by Crippen LogP contribution is 2.23. The minimum atomic E-state index is 0.191. The zero-order valence-corrected chi connectivity index (χ0v) is 12.9. The van der Waals surface area contributed by atoms with Gasteiger partial charge < -0.3 is 10.1 Å². The highest BCUT2D eigenvalue weighted by atomic mass is 16.5. The van der Waals surface area contributed by atoms with Crippen LogP contribution in [0.3, 0.4) is 0 Å². The molecule has 0 radical (unpaired) electrons. The molecule has 3 heterocycles. The molecule has 0 spiro atoms. The third kappa shape index (κ3) is 4.00. The van der Waals surface area contributed by atoms with Crippen molar-refractivity contribution in [1.29, 1.82) is 0 Å². The Bertz CT molecular complexity index is 442. The number of ether oxygens (including phenoxy) is 1. The monoisotopic (exact) mass is 294 g/mol. The van der Waals surface area contributed by atoms with Crippen LogP contribution in [0.5, 0.6) is 0 Å². The van der Waals surface area contributed by atoms with E-state index in [2.05, 4.69) is 40.3 Å². The summed E-state index contributed by atoms with van der Waals surface area (Å²) in [4.78, 5) is 0. The zero-order chi connectivity index (χ0) is 14.7. The minimum absolute atomic E-state index is 0.191. The summed E-state index contributed by atoms with van der Waals surface area (Å²) in [5.74, 6) is 0.703. The Hall–Kier alpha value is -1.02. The molecule has 0 aromatic carbocycles. The molecule has 3 N–H and O–H groups in total. The van der Waals surface area contributed by atoms with Crippen LogP contribution in [0.1, 0.15) is 38.4 Å². The van der Waals surface area contributed by atoms with Gasteiger partial charge in [0.1, 0.15) is 5.69 Å². The second-order valence-corrected chi connectivity index (χ2v) is 6.47. The predicted octanol–water partition coefficient (Wildman–Crippen LogP) is 0.220. The van der Waals surface area contributed by atoms with Crippen molar-refractivity contribution in [3.63, 3.8) is 0 Å². The number of nitrogens with zero attached hydrogens (tertiary/aromatic N) is 3. The van der Waals surface area contributed by atoms with E-state index in [1.165, 1.54) is 6.42 Å². The van der Waals surface area contributed by atoms with Gasteiger partial charge in [-0.1, -0.05) is 19.1 Å². The van der Waals surface area contributed by atoms with Gasteiger partial charge in [-0.3, -0.25) is 5.43 Å². The van der Waals surface area contributed by atoms with E-state index in [1.54, 1.807) is 0 Å². The van der Waals surface area contributed by atoms with Crippen molar-refractivity contribution in [3.8, 4) is 0 Å². The van der Waals surface area contributed by atoms with Crippen LogP contribution in [-0.2, 0) is 11.3 Å². The van der Waals surface area contributed by atoms with Gasteiger partial charge in [0.15, 0.2) is 0 Å². The van der Waals surface area contributed by atoms with E-state index in [0.717, 1.165) is 38.4 Å².